The van der Waals surface area contributed by atoms with E-state index in [2.05, 4.69) is 56.8 Å². The number of nitrogens with zero attached hydrogens (tertiary/aromatic N) is 7. The molecule has 0 aliphatic carbocycles. The summed E-state index contributed by atoms with van der Waals surface area (Å²) in [4.78, 5) is 31.9. The summed E-state index contributed by atoms with van der Waals surface area (Å²) >= 11 is 3.13. The quantitative estimate of drug-likeness (QED) is 0.0398. The van der Waals surface area contributed by atoms with Crippen molar-refractivity contribution in [2.24, 2.45) is 5.18 Å². The van der Waals surface area contributed by atoms with Crippen LogP contribution in [0.2, 0.25) is 0 Å². The van der Waals surface area contributed by atoms with E-state index in [1.54, 1.807) is 73.7 Å². The molecule has 0 saturated carbocycles. The molecule has 0 atom stereocenters. The predicted octanol–water partition coefficient (Wildman–Crippen LogP) is 9.16. The monoisotopic (exact) mass is 1080 g/mol. The fourth-order valence-corrected chi connectivity index (χ4v) is 6.47. The van der Waals surface area contributed by atoms with Crippen LogP contribution >= 0.6 is 15.9 Å². The van der Waals surface area contributed by atoms with Gasteiger partial charge in [0.1, 0.15) is 11.3 Å². The molecule has 0 spiro atoms. The van der Waals surface area contributed by atoms with Gasteiger partial charge in [-0.1, -0.05) is 46.3 Å². The third-order valence-electron chi connectivity index (χ3n) is 11.3. The van der Waals surface area contributed by atoms with Gasteiger partial charge in [-0.25, -0.2) is 4.79 Å². The molecule has 0 unspecified atom stereocenters. The number of nitro groups is 1. The Morgan fingerprint density at radius 1 is 0.718 bits per heavy atom. The van der Waals surface area contributed by atoms with E-state index in [0.29, 0.717) is 11.2 Å². The molecule has 6 heterocycles. The zero-order valence-corrected chi connectivity index (χ0v) is 44.0. The minimum Gasteiger partial charge on any atom is -0.442 e. The van der Waals surface area contributed by atoms with Crippen molar-refractivity contribution in [2.45, 2.75) is 104 Å². The second-order valence-corrected chi connectivity index (χ2v) is 19.8. The second-order valence-electron chi connectivity index (χ2n) is 18.9. The van der Waals surface area contributed by atoms with Crippen molar-refractivity contribution in [1.29, 1.82) is 0 Å². The van der Waals surface area contributed by atoms with Gasteiger partial charge in [0.2, 0.25) is 0 Å². The van der Waals surface area contributed by atoms with E-state index in [4.69, 9.17) is 29.1 Å². The van der Waals surface area contributed by atoms with Crippen molar-refractivity contribution in [3.63, 3.8) is 0 Å². The van der Waals surface area contributed by atoms with E-state index in [1.165, 1.54) is 12.1 Å². The van der Waals surface area contributed by atoms with Crippen molar-refractivity contribution in [2.75, 3.05) is 5.73 Å². The molecular weight excluding hydrogens is 1020 g/mol. The van der Waals surface area contributed by atoms with Crippen LogP contribution in [0.5, 0.6) is 0 Å². The van der Waals surface area contributed by atoms with E-state index < -0.39 is 34.9 Å². The number of non-ortho nitro benzene ring substituents is 1. The topological polar surface area (TPSA) is 266 Å². The number of halogens is 1. The van der Waals surface area contributed by atoms with E-state index in [-0.39, 0.29) is 41.1 Å². The number of H-pyrrole nitrogens is 3. The second kappa shape index (κ2) is 24.2. The zero-order valence-electron chi connectivity index (χ0n) is 41.3. The summed E-state index contributed by atoms with van der Waals surface area (Å²) in [6.45, 7) is 21.5. The van der Waals surface area contributed by atoms with Gasteiger partial charge >= 0.3 is 20.3 Å². The van der Waals surface area contributed by atoms with Crippen LogP contribution in [0.4, 0.5) is 21.9 Å². The maximum Gasteiger partial charge on any atom is 0.498 e. The van der Waals surface area contributed by atoms with E-state index in [0.717, 1.165) is 42.6 Å². The first kappa shape index (κ1) is 57.3. The summed E-state index contributed by atoms with van der Waals surface area (Å²) < 4.78 is 30.6. The van der Waals surface area contributed by atoms with Crippen molar-refractivity contribution in [1.82, 2.24) is 40.4 Å². The van der Waals surface area contributed by atoms with Gasteiger partial charge in [-0.15, -0.1) is 4.91 Å². The number of hydrogen-bond donors (Lipinski definition) is 4. The number of nitrogen functional groups attached to an aromatic ring is 1. The fourth-order valence-electron chi connectivity index (χ4n) is 6.08. The number of anilines is 1. The van der Waals surface area contributed by atoms with Crippen molar-refractivity contribution < 1.29 is 50.1 Å². The van der Waals surface area contributed by atoms with Crippen LogP contribution in [0.1, 0.15) is 76.2 Å². The van der Waals surface area contributed by atoms with Gasteiger partial charge in [0.05, 0.1) is 39.7 Å². The van der Waals surface area contributed by atoms with Gasteiger partial charge in [0.15, 0.2) is 0 Å². The third-order valence-corrected chi connectivity index (χ3v) is 11.8. The molecule has 2 fully saturated rings. The molecule has 5 N–H and O–H groups in total. The third kappa shape index (κ3) is 16.1. The number of nitro benzene ring substituents is 1. The van der Waals surface area contributed by atoms with Crippen LogP contribution in [0.25, 0.3) is 22.3 Å². The Hall–Kier alpha value is -6.26. The first-order valence-corrected chi connectivity index (χ1v) is 22.7. The molecule has 0 bridgehead atoms. The van der Waals surface area contributed by atoms with Crippen molar-refractivity contribution >= 4 is 64.2 Å². The summed E-state index contributed by atoms with van der Waals surface area (Å²) in [5.41, 5.74) is 10.6. The van der Waals surface area contributed by atoms with Crippen LogP contribution in [-0.4, -0.2) is 93.6 Å². The number of nitroso groups, excluding NO2 is 1. The van der Waals surface area contributed by atoms with E-state index >= 15 is 0 Å². The molecule has 20 nitrogen and oxygen atoms in total. The van der Waals surface area contributed by atoms with E-state index in [1.807, 2.05) is 113 Å². The smallest absolute Gasteiger partial charge is 0.442 e. The molecule has 0 radical (unpaired) electrons. The molecule has 4 aromatic heterocycles. The van der Waals surface area contributed by atoms with Crippen LogP contribution in [0.3, 0.4) is 0 Å². The Morgan fingerprint density at radius 2 is 1.21 bits per heavy atom. The number of carbonyl (C=O) groups excluding carboxylic acids is 1. The number of aromatic nitrogens is 8. The molecule has 71 heavy (non-hydrogen) atoms. The summed E-state index contributed by atoms with van der Waals surface area (Å²) in [6, 6.07) is 21.1. The summed E-state index contributed by atoms with van der Waals surface area (Å²) in [5, 5.41) is 36.8. The standard InChI is InChI=1S/C14H23BN2O4.C9H15BN2O2.C9H7N3O.C9H9N3.C6H4BrNO2.Fe/c1-12(2,3)19-11(18)17-9-10(8-16-17)15-20-13(4,5)14(6,7)21-15;1-8(2)9(3,4)14-10(13-8)7-5-11-12-6-7;13-12-9-3-1-2-7(4-9)8-5-10-11-6-8;10-9-3-1-2-7(4-9)8-5-11-12-6-8;7-5-2-1-3-6(4-5)8(9)10;/h8-9H,1-7H3;5-6H,1-4H3,(H,11,12);1-6H,(H,10,11);1-6H,10H2,(H,11,12);1-4H;. The molecule has 3 aromatic carbocycles. The number of aromatic amines is 3. The van der Waals surface area contributed by atoms with Gasteiger partial charge in [-0.3, -0.25) is 25.4 Å². The first-order chi connectivity index (χ1) is 32.8. The Kier molecular flexibility index (Phi) is 19.6. The van der Waals surface area contributed by atoms with Gasteiger partial charge < -0.3 is 29.1 Å². The fraction of sp³-hybridized carbons (Fsp3) is 0.340. The van der Waals surface area contributed by atoms with Crippen molar-refractivity contribution in [3.05, 3.63) is 142 Å². The molecule has 2 saturated heterocycles. The number of rotatable bonds is 6. The molecule has 7 aromatic rings. The Balaban J connectivity index is 0.000000197. The van der Waals surface area contributed by atoms with Crippen LogP contribution in [-0.2, 0) is 40.4 Å². The molecule has 24 heteroatoms. The maximum atomic E-state index is 11.9. The van der Waals surface area contributed by atoms with Crippen LogP contribution in [0, 0.1) is 15.0 Å². The normalized spacial score (nSPS) is 15.7. The molecule has 9 rings (SSSR count). The minimum atomic E-state index is -0.562. The number of benzene rings is 3. The number of nitrogens with two attached hydrogens (primary N) is 1. The van der Waals surface area contributed by atoms with Crippen molar-refractivity contribution in [3.8, 4) is 22.3 Å². The number of carbonyl (C=O) groups is 1. The van der Waals surface area contributed by atoms with Gasteiger partial charge in [0, 0.05) is 98.6 Å². The van der Waals surface area contributed by atoms with Gasteiger partial charge in [0.25, 0.3) is 5.69 Å². The largest absolute Gasteiger partial charge is 0.498 e. The number of hydrogen-bond acceptors (Lipinski definition) is 15. The minimum absolute atomic E-state index is 0. The van der Waals surface area contributed by atoms with Gasteiger partial charge in [-0.2, -0.15) is 25.1 Å². The molecule has 2 aliphatic heterocycles. The van der Waals surface area contributed by atoms with Crippen LogP contribution in [0.15, 0.2) is 132 Å². The summed E-state index contributed by atoms with van der Waals surface area (Å²) in [7, 11) is -0.843. The average molecular weight is 1080 g/mol. The Morgan fingerprint density at radius 3 is 1.65 bits per heavy atom. The summed E-state index contributed by atoms with van der Waals surface area (Å²) in [5.74, 6) is 0. The first-order valence-electron chi connectivity index (χ1n) is 21.9. The molecular formula is C47H58B2BrFeN11O9. The number of ether oxygens (including phenoxy) is 1. The maximum absolute atomic E-state index is 11.9. The Bertz CT molecular complexity index is 2750. The zero-order chi connectivity index (χ0) is 51.5. The van der Waals surface area contributed by atoms with E-state index in [9.17, 15) is 19.8 Å². The molecule has 2 aliphatic rings. The Labute approximate surface area is 431 Å². The van der Waals surface area contributed by atoms with Crippen LogP contribution < -0.4 is 16.7 Å². The SMILES string of the molecule is CC(C)(C)OC(=O)n1cc(B2OC(C)(C)C(C)(C)O2)cn1.CC1(C)OB(c2cn[nH]c2)OC1(C)C.Nc1cccc(-c2cn[nH]c2)c1.O=Nc1cccc(-c2cn[nH]c2)c1.O=[N+]([O-])c1cccc(Br)c1.[Fe]. The molecule has 0 amide bonds. The average Bonchev–Trinajstić information content (AvgIpc) is 4.15. The summed E-state index contributed by atoms with van der Waals surface area (Å²) in [6.07, 6.45) is 13.2. The van der Waals surface area contributed by atoms with Gasteiger partial charge in [-0.05, 0) is 123 Å². The number of nitrogens with one attached hydrogen (secondary N) is 3. The molecule has 376 valence electrons. The predicted molar refractivity (Wildman–Crippen MR) is 273 cm³/mol.